The molecule has 0 radical (unpaired) electrons. The van der Waals surface area contributed by atoms with Gasteiger partial charge in [0.05, 0.1) is 5.69 Å². The molecule has 3 N–H and O–H groups in total. The van der Waals surface area contributed by atoms with E-state index in [0.29, 0.717) is 18.9 Å². The van der Waals surface area contributed by atoms with E-state index >= 15 is 0 Å². The molecule has 1 unspecified atom stereocenters. The van der Waals surface area contributed by atoms with Gasteiger partial charge in [0.1, 0.15) is 16.5 Å². The fourth-order valence-electron chi connectivity index (χ4n) is 1.73. The van der Waals surface area contributed by atoms with Crippen LogP contribution in [0.1, 0.15) is 33.1 Å². The second kappa shape index (κ2) is 6.29. The molecular formula is C12H18F2N2O2S. The largest absolute Gasteiger partial charge is 0.396 e. The summed E-state index contributed by atoms with van der Waals surface area (Å²) in [7, 11) is -4.04. The number of nitrogens with two attached hydrogens (primary N) is 1. The Labute approximate surface area is 112 Å². The van der Waals surface area contributed by atoms with Crippen LogP contribution in [0.3, 0.4) is 0 Å². The molecule has 1 rings (SSSR count). The van der Waals surface area contributed by atoms with E-state index in [1.807, 2.05) is 13.8 Å². The highest BCUT2D eigenvalue weighted by atomic mass is 32.2. The highest BCUT2D eigenvalue weighted by molar-refractivity contribution is 7.89. The van der Waals surface area contributed by atoms with Crippen molar-refractivity contribution < 1.29 is 17.2 Å². The van der Waals surface area contributed by atoms with E-state index in [1.165, 1.54) is 0 Å². The van der Waals surface area contributed by atoms with Gasteiger partial charge in [-0.3, -0.25) is 0 Å². The molecule has 1 aromatic carbocycles. The zero-order valence-electron chi connectivity index (χ0n) is 10.9. The van der Waals surface area contributed by atoms with Gasteiger partial charge in [-0.05, 0) is 18.9 Å². The van der Waals surface area contributed by atoms with E-state index in [4.69, 9.17) is 5.73 Å². The summed E-state index contributed by atoms with van der Waals surface area (Å²) in [5.41, 5.74) is 4.88. The Bertz CT molecular complexity index is 547. The zero-order valence-corrected chi connectivity index (χ0v) is 11.7. The van der Waals surface area contributed by atoms with Crippen LogP contribution < -0.4 is 10.5 Å². The summed E-state index contributed by atoms with van der Waals surface area (Å²) in [6, 6.07) is 0.997. The Kier molecular flexibility index (Phi) is 5.25. The zero-order chi connectivity index (χ0) is 14.6. The third-order valence-electron chi connectivity index (χ3n) is 2.79. The van der Waals surface area contributed by atoms with Crippen molar-refractivity contribution in [1.82, 2.24) is 4.72 Å². The number of rotatable bonds is 6. The van der Waals surface area contributed by atoms with Crippen LogP contribution in [-0.2, 0) is 10.0 Å². The minimum absolute atomic E-state index is 0.277. The first-order chi connectivity index (χ1) is 8.81. The van der Waals surface area contributed by atoms with Gasteiger partial charge in [-0.2, -0.15) is 0 Å². The van der Waals surface area contributed by atoms with Crippen molar-refractivity contribution in [1.29, 1.82) is 0 Å². The number of sulfonamides is 1. The molecule has 108 valence electrons. The molecule has 4 nitrogen and oxygen atoms in total. The summed E-state index contributed by atoms with van der Waals surface area (Å²) in [4.78, 5) is -0.624. The Morgan fingerprint density at radius 3 is 2.42 bits per heavy atom. The molecule has 0 aromatic heterocycles. The second-order valence-corrected chi connectivity index (χ2v) is 6.00. The summed E-state index contributed by atoms with van der Waals surface area (Å²) in [6.07, 6.45) is 2.04. The van der Waals surface area contributed by atoms with E-state index in [2.05, 4.69) is 4.72 Å². The van der Waals surface area contributed by atoms with Gasteiger partial charge in [0.15, 0.2) is 0 Å². The van der Waals surface area contributed by atoms with Crippen molar-refractivity contribution in [2.24, 2.45) is 0 Å². The van der Waals surface area contributed by atoms with Gasteiger partial charge in [-0.1, -0.05) is 20.3 Å². The summed E-state index contributed by atoms with van der Waals surface area (Å²) in [5.74, 6) is -2.12. The van der Waals surface area contributed by atoms with Crippen molar-refractivity contribution in [2.75, 3.05) is 5.73 Å². The molecule has 0 saturated carbocycles. The normalized spacial score (nSPS) is 13.5. The first kappa shape index (κ1) is 15.8. The lowest BCUT2D eigenvalue weighted by atomic mass is 10.1. The third-order valence-corrected chi connectivity index (χ3v) is 4.33. The van der Waals surface area contributed by atoms with Crippen LogP contribution in [0.15, 0.2) is 17.0 Å². The predicted octanol–water partition coefficient (Wildman–Crippen LogP) is 2.40. The predicted molar refractivity (Wildman–Crippen MR) is 70.1 cm³/mol. The van der Waals surface area contributed by atoms with E-state index in [-0.39, 0.29) is 6.04 Å². The van der Waals surface area contributed by atoms with E-state index in [0.717, 1.165) is 12.5 Å². The Hall–Kier alpha value is -1.21. The van der Waals surface area contributed by atoms with Crippen molar-refractivity contribution in [3.63, 3.8) is 0 Å². The fraction of sp³-hybridized carbons (Fsp3) is 0.500. The van der Waals surface area contributed by atoms with Gasteiger partial charge in [-0.25, -0.2) is 21.9 Å². The number of hydrogen-bond acceptors (Lipinski definition) is 3. The molecule has 1 aromatic rings. The minimum atomic E-state index is -4.04. The molecule has 0 aliphatic carbocycles. The van der Waals surface area contributed by atoms with Gasteiger partial charge in [0.25, 0.3) is 0 Å². The first-order valence-corrected chi connectivity index (χ1v) is 7.57. The maximum Gasteiger partial charge on any atom is 0.243 e. The van der Waals surface area contributed by atoms with Gasteiger partial charge in [0, 0.05) is 12.1 Å². The molecule has 0 amide bonds. The maximum absolute atomic E-state index is 13.6. The van der Waals surface area contributed by atoms with Gasteiger partial charge < -0.3 is 5.73 Å². The van der Waals surface area contributed by atoms with Crippen LogP contribution in [0, 0.1) is 11.6 Å². The van der Waals surface area contributed by atoms with Crippen LogP contribution in [0.25, 0.3) is 0 Å². The van der Waals surface area contributed by atoms with Crippen LogP contribution >= 0.6 is 0 Å². The Morgan fingerprint density at radius 1 is 1.26 bits per heavy atom. The SMILES string of the molecule is CCCC(CC)NS(=O)(=O)c1cc(N)c(F)cc1F. The third kappa shape index (κ3) is 3.87. The van der Waals surface area contributed by atoms with Gasteiger partial charge >= 0.3 is 0 Å². The highest BCUT2D eigenvalue weighted by Crippen LogP contribution is 2.21. The molecule has 7 heteroatoms. The highest BCUT2D eigenvalue weighted by Gasteiger charge is 2.23. The topological polar surface area (TPSA) is 72.2 Å². The summed E-state index contributed by atoms with van der Waals surface area (Å²) < 4.78 is 53.0. The molecule has 0 spiro atoms. The number of benzene rings is 1. The summed E-state index contributed by atoms with van der Waals surface area (Å²) in [6.45, 7) is 3.76. The molecule has 0 saturated heterocycles. The number of hydrogen-bond donors (Lipinski definition) is 2. The fourth-order valence-corrected chi connectivity index (χ4v) is 3.18. The smallest absolute Gasteiger partial charge is 0.243 e. The van der Waals surface area contributed by atoms with E-state index in [9.17, 15) is 17.2 Å². The maximum atomic E-state index is 13.6. The average Bonchev–Trinajstić information content (AvgIpc) is 2.32. The molecule has 0 fully saturated rings. The second-order valence-electron chi connectivity index (χ2n) is 4.32. The monoisotopic (exact) mass is 292 g/mol. The Balaban J connectivity index is 3.10. The van der Waals surface area contributed by atoms with E-state index < -0.39 is 32.2 Å². The molecule has 0 heterocycles. The number of anilines is 1. The van der Waals surface area contributed by atoms with Crippen LogP contribution in [-0.4, -0.2) is 14.5 Å². The molecular weight excluding hydrogens is 274 g/mol. The minimum Gasteiger partial charge on any atom is -0.396 e. The lowest BCUT2D eigenvalue weighted by Gasteiger charge is -2.16. The lowest BCUT2D eigenvalue weighted by molar-refractivity contribution is 0.504. The van der Waals surface area contributed by atoms with Crippen molar-refractivity contribution in [3.8, 4) is 0 Å². The number of nitrogens with one attached hydrogen (secondary N) is 1. The Morgan fingerprint density at radius 2 is 1.89 bits per heavy atom. The average molecular weight is 292 g/mol. The van der Waals surface area contributed by atoms with Crippen LogP contribution in [0.2, 0.25) is 0 Å². The van der Waals surface area contributed by atoms with E-state index in [1.54, 1.807) is 0 Å². The first-order valence-electron chi connectivity index (χ1n) is 6.08. The molecule has 0 aliphatic rings. The molecule has 0 aliphatic heterocycles. The number of halogens is 2. The molecule has 1 atom stereocenters. The van der Waals surface area contributed by atoms with Crippen LogP contribution in [0.5, 0.6) is 0 Å². The number of nitrogen functional groups attached to an aromatic ring is 1. The quantitative estimate of drug-likeness (QED) is 0.791. The van der Waals surface area contributed by atoms with Crippen molar-refractivity contribution in [2.45, 2.75) is 44.0 Å². The summed E-state index contributed by atoms with van der Waals surface area (Å²) in [5, 5.41) is 0. The standard InChI is InChI=1S/C12H18F2N2O2S/c1-3-5-8(4-2)16-19(17,18)12-7-11(15)9(13)6-10(12)14/h6-8,16H,3-5,15H2,1-2H3. The van der Waals surface area contributed by atoms with Crippen LogP contribution in [0.4, 0.5) is 14.5 Å². The van der Waals surface area contributed by atoms with Gasteiger partial charge in [0.2, 0.25) is 10.0 Å². The summed E-state index contributed by atoms with van der Waals surface area (Å²) >= 11 is 0. The van der Waals surface area contributed by atoms with Crippen molar-refractivity contribution in [3.05, 3.63) is 23.8 Å². The molecule has 0 bridgehead atoms. The van der Waals surface area contributed by atoms with Crippen molar-refractivity contribution >= 4 is 15.7 Å². The lowest BCUT2D eigenvalue weighted by Crippen LogP contribution is -2.34. The molecule has 19 heavy (non-hydrogen) atoms. The van der Waals surface area contributed by atoms with Gasteiger partial charge in [-0.15, -0.1) is 0 Å².